The van der Waals surface area contributed by atoms with Crippen molar-refractivity contribution in [2.45, 2.75) is 32.0 Å². The maximum absolute atomic E-state index is 12.2. The number of fused-ring (bicyclic) bond motifs is 1. The second-order valence-corrected chi connectivity index (χ2v) is 6.21. The molecular weight excluding hydrogens is 343 g/mol. The fourth-order valence-corrected chi connectivity index (χ4v) is 2.91. The van der Waals surface area contributed by atoms with E-state index in [4.69, 9.17) is 10.5 Å². The third-order valence-corrected chi connectivity index (χ3v) is 4.10. The van der Waals surface area contributed by atoms with Crippen LogP contribution in [0.5, 0.6) is 5.75 Å². The Bertz CT molecular complexity index is 803. The van der Waals surface area contributed by atoms with E-state index >= 15 is 0 Å². The molecule has 3 N–H and O–H groups in total. The van der Waals surface area contributed by atoms with E-state index in [-0.39, 0.29) is 18.3 Å². The Morgan fingerprint density at radius 1 is 1.12 bits per heavy atom. The van der Waals surface area contributed by atoms with E-state index < -0.39 is 12.8 Å². The Morgan fingerprint density at radius 3 is 2.73 bits per heavy atom. The smallest absolute Gasteiger partial charge is 0.422 e. The summed E-state index contributed by atoms with van der Waals surface area (Å²) in [5, 5.41) is 3.05. The van der Waals surface area contributed by atoms with Crippen LogP contribution < -0.4 is 15.8 Å². The third-order valence-electron chi connectivity index (χ3n) is 4.10. The molecule has 0 saturated carbocycles. The van der Waals surface area contributed by atoms with Crippen molar-refractivity contribution in [3.63, 3.8) is 0 Å². The summed E-state index contributed by atoms with van der Waals surface area (Å²) in [7, 11) is 0. The number of halogens is 3. The molecule has 0 unspecified atom stereocenters. The highest BCUT2D eigenvalue weighted by molar-refractivity contribution is 5.92. The van der Waals surface area contributed by atoms with Crippen LogP contribution >= 0.6 is 0 Å². The number of benzene rings is 2. The molecule has 0 atom stereocenters. The number of hydrogen-bond donors (Lipinski definition) is 2. The molecule has 0 aromatic heterocycles. The van der Waals surface area contributed by atoms with Gasteiger partial charge in [0, 0.05) is 5.69 Å². The van der Waals surface area contributed by atoms with Gasteiger partial charge in [0.25, 0.3) is 0 Å². The molecule has 0 radical (unpaired) electrons. The second kappa shape index (κ2) is 7.68. The van der Waals surface area contributed by atoms with Gasteiger partial charge in [-0.1, -0.05) is 18.2 Å². The van der Waals surface area contributed by atoms with E-state index in [1.807, 2.05) is 6.07 Å². The number of ether oxygens (including phenoxy) is 1. The van der Waals surface area contributed by atoms with Gasteiger partial charge in [-0.3, -0.25) is 0 Å². The Hall–Kier alpha value is -2.70. The van der Waals surface area contributed by atoms with Gasteiger partial charge in [-0.05, 0) is 60.2 Å². The van der Waals surface area contributed by atoms with Crippen LogP contribution in [0.15, 0.2) is 47.5 Å². The molecule has 2 aromatic rings. The van der Waals surface area contributed by atoms with Crippen molar-refractivity contribution < 1.29 is 17.9 Å². The van der Waals surface area contributed by atoms with E-state index in [0.717, 1.165) is 18.5 Å². The molecule has 1 aliphatic carbocycles. The number of anilines is 1. The highest BCUT2D eigenvalue weighted by atomic mass is 19.4. The summed E-state index contributed by atoms with van der Waals surface area (Å²) < 4.78 is 41.4. The first-order chi connectivity index (χ1) is 12.4. The molecule has 26 heavy (non-hydrogen) atoms. The Morgan fingerprint density at radius 2 is 1.92 bits per heavy atom. The first-order valence-corrected chi connectivity index (χ1v) is 8.36. The summed E-state index contributed by atoms with van der Waals surface area (Å²) in [6.07, 6.45) is -0.994. The zero-order valence-corrected chi connectivity index (χ0v) is 14.1. The molecule has 0 bridgehead atoms. The zero-order chi connectivity index (χ0) is 18.6. The van der Waals surface area contributed by atoms with E-state index in [0.29, 0.717) is 5.56 Å². The van der Waals surface area contributed by atoms with Crippen molar-refractivity contribution in [1.29, 1.82) is 0 Å². The number of alkyl halides is 3. The van der Waals surface area contributed by atoms with Crippen molar-refractivity contribution in [2.24, 2.45) is 10.7 Å². The molecule has 0 fully saturated rings. The van der Waals surface area contributed by atoms with Crippen molar-refractivity contribution in [1.82, 2.24) is 0 Å². The Kier molecular flexibility index (Phi) is 5.35. The van der Waals surface area contributed by atoms with Crippen LogP contribution in [0.3, 0.4) is 0 Å². The normalized spacial score (nSPS) is 14.2. The Labute approximate surface area is 149 Å². The van der Waals surface area contributed by atoms with Gasteiger partial charge in [0.2, 0.25) is 0 Å². The molecule has 4 nitrogen and oxygen atoms in total. The number of rotatable bonds is 5. The monoisotopic (exact) mass is 363 g/mol. The third kappa shape index (κ3) is 5.15. The molecule has 0 amide bonds. The number of nitrogens with one attached hydrogen (secondary N) is 1. The molecule has 1 aliphatic rings. The molecule has 7 heteroatoms. The standard InChI is InChI=1S/C19H20F3N3O/c20-19(21,22)12-26-17-6-1-3-13(9-17)11-24-18(23)25-16-8-7-14-4-2-5-15(14)10-16/h1,3,6-10H,2,4-5,11-12H2,(H3,23,24,25). The highest BCUT2D eigenvalue weighted by Gasteiger charge is 2.28. The van der Waals surface area contributed by atoms with E-state index in [2.05, 4.69) is 22.4 Å². The van der Waals surface area contributed by atoms with E-state index in [1.165, 1.54) is 29.7 Å². The van der Waals surface area contributed by atoms with Gasteiger partial charge >= 0.3 is 6.18 Å². The number of aryl methyl sites for hydroxylation is 2. The molecule has 0 heterocycles. The summed E-state index contributed by atoms with van der Waals surface area (Å²) in [5.41, 5.74) is 10.2. The van der Waals surface area contributed by atoms with E-state index in [1.54, 1.807) is 12.1 Å². The molecule has 0 saturated heterocycles. The summed E-state index contributed by atoms with van der Waals surface area (Å²) in [6, 6.07) is 12.5. The van der Waals surface area contributed by atoms with Crippen molar-refractivity contribution in [3.05, 3.63) is 59.2 Å². The fraction of sp³-hybridized carbons (Fsp3) is 0.316. The molecular formula is C19H20F3N3O. The first kappa shape index (κ1) is 18.1. The predicted octanol–water partition coefficient (Wildman–Crippen LogP) is 4.04. The summed E-state index contributed by atoms with van der Waals surface area (Å²) in [5.74, 6) is 0.407. The number of nitrogens with zero attached hydrogens (tertiary/aromatic N) is 1. The van der Waals surface area contributed by atoms with Gasteiger partial charge in [-0.15, -0.1) is 0 Å². The largest absolute Gasteiger partial charge is 0.484 e. The Balaban J connectivity index is 1.58. The van der Waals surface area contributed by atoms with Gasteiger partial charge in [-0.25, -0.2) is 4.99 Å². The predicted molar refractivity (Wildman–Crippen MR) is 95.4 cm³/mol. The lowest BCUT2D eigenvalue weighted by molar-refractivity contribution is -0.153. The van der Waals surface area contributed by atoms with Gasteiger partial charge in [0.15, 0.2) is 12.6 Å². The van der Waals surface area contributed by atoms with Crippen LogP contribution in [0, 0.1) is 0 Å². The molecule has 2 aromatic carbocycles. The maximum atomic E-state index is 12.2. The minimum Gasteiger partial charge on any atom is -0.484 e. The minimum absolute atomic E-state index is 0.153. The van der Waals surface area contributed by atoms with Crippen LogP contribution in [0.25, 0.3) is 0 Å². The number of nitrogens with two attached hydrogens (primary N) is 1. The van der Waals surface area contributed by atoms with Gasteiger partial charge in [0.1, 0.15) is 5.75 Å². The van der Waals surface area contributed by atoms with Crippen molar-refractivity contribution in [2.75, 3.05) is 11.9 Å². The minimum atomic E-state index is -4.36. The molecule has 0 aliphatic heterocycles. The lowest BCUT2D eigenvalue weighted by Gasteiger charge is -2.10. The average molecular weight is 363 g/mol. The topological polar surface area (TPSA) is 59.6 Å². The van der Waals surface area contributed by atoms with Gasteiger partial charge in [-0.2, -0.15) is 13.2 Å². The summed E-state index contributed by atoms with van der Waals surface area (Å²) >= 11 is 0. The van der Waals surface area contributed by atoms with Crippen molar-refractivity contribution >= 4 is 11.6 Å². The fourth-order valence-electron chi connectivity index (χ4n) is 2.91. The number of guanidine groups is 1. The van der Waals surface area contributed by atoms with Crippen LogP contribution in [0.1, 0.15) is 23.1 Å². The quantitative estimate of drug-likeness (QED) is 0.623. The number of hydrogen-bond acceptors (Lipinski definition) is 2. The SMILES string of the molecule is NC(=NCc1cccc(OCC(F)(F)F)c1)Nc1ccc2c(c1)CCC2. The second-order valence-electron chi connectivity index (χ2n) is 6.21. The summed E-state index contributed by atoms with van der Waals surface area (Å²) in [6.45, 7) is -1.07. The lowest BCUT2D eigenvalue weighted by Crippen LogP contribution is -2.22. The average Bonchev–Trinajstić information content (AvgIpc) is 3.06. The lowest BCUT2D eigenvalue weighted by atomic mass is 10.1. The van der Waals surface area contributed by atoms with Crippen LogP contribution in [0.2, 0.25) is 0 Å². The van der Waals surface area contributed by atoms with Crippen LogP contribution in [0.4, 0.5) is 18.9 Å². The van der Waals surface area contributed by atoms with Gasteiger partial charge in [0.05, 0.1) is 6.54 Å². The van der Waals surface area contributed by atoms with E-state index in [9.17, 15) is 13.2 Å². The highest BCUT2D eigenvalue weighted by Crippen LogP contribution is 2.25. The first-order valence-electron chi connectivity index (χ1n) is 8.36. The van der Waals surface area contributed by atoms with Gasteiger partial charge < -0.3 is 15.8 Å². The molecule has 138 valence electrons. The van der Waals surface area contributed by atoms with Crippen LogP contribution in [-0.4, -0.2) is 18.7 Å². The van der Waals surface area contributed by atoms with Crippen LogP contribution in [-0.2, 0) is 19.4 Å². The maximum Gasteiger partial charge on any atom is 0.422 e. The molecule has 0 spiro atoms. The molecule has 3 rings (SSSR count). The summed E-state index contributed by atoms with van der Waals surface area (Å²) in [4.78, 5) is 4.24. The van der Waals surface area contributed by atoms with Crippen molar-refractivity contribution in [3.8, 4) is 5.75 Å². The number of aliphatic imine (C=N–C) groups is 1. The zero-order valence-electron chi connectivity index (χ0n) is 14.1.